The van der Waals surface area contributed by atoms with Crippen LogP contribution in [0.1, 0.15) is 25.8 Å². The first kappa shape index (κ1) is 32.9. The third-order valence-electron chi connectivity index (χ3n) is 6.79. The molecule has 4 rings (SSSR count). The Balaban J connectivity index is 1.72. The zero-order chi connectivity index (χ0) is 31.7. The van der Waals surface area contributed by atoms with Gasteiger partial charge in [-0.1, -0.05) is 72.6 Å². The number of carbonyl (C=O) groups excluding carboxylic acids is 2. The summed E-state index contributed by atoms with van der Waals surface area (Å²) in [7, 11) is -4.20. The SMILES string of the molecule is CCNC(=O)[C@H](CC)N(Cc1ccc(Cl)c(Cl)c1)C(=O)CN(c1ccc(Oc2ccccc2)cc1)S(=O)(=O)c1ccccc1. The first-order valence-electron chi connectivity index (χ1n) is 14.1. The predicted octanol–water partition coefficient (Wildman–Crippen LogP) is 6.92. The summed E-state index contributed by atoms with van der Waals surface area (Å²) in [6, 6.07) is 27.6. The van der Waals surface area contributed by atoms with Gasteiger partial charge in [0, 0.05) is 13.1 Å². The van der Waals surface area contributed by atoms with Gasteiger partial charge in [-0.05, 0) is 79.6 Å². The molecule has 0 aromatic heterocycles. The molecule has 11 heteroatoms. The van der Waals surface area contributed by atoms with Gasteiger partial charge >= 0.3 is 0 Å². The highest BCUT2D eigenvalue weighted by atomic mass is 35.5. The van der Waals surface area contributed by atoms with Crippen molar-refractivity contribution in [2.75, 3.05) is 17.4 Å². The fraction of sp³-hybridized carbons (Fsp3) is 0.212. The maximum atomic E-state index is 14.1. The van der Waals surface area contributed by atoms with Crippen LogP contribution in [-0.2, 0) is 26.2 Å². The molecule has 8 nitrogen and oxygen atoms in total. The van der Waals surface area contributed by atoms with Crippen molar-refractivity contribution in [3.05, 3.63) is 119 Å². The molecule has 0 heterocycles. The maximum Gasteiger partial charge on any atom is 0.264 e. The van der Waals surface area contributed by atoms with E-state index in [0.29, 0.717) is 40.1 Å². The molecule has 0 unspecified atom stereocenters. The average molecular weight is 655 g/mol. The Labute approximate surface area is 268 Å². The van der Waals surface area contributed by atoms with Crippen molar-refractivity contribution in [3.8, 4) is 11.5 Å². The number of likely N-dealkylation sites (N-methyl/N-ethyl adjacent to an activating group) is 1. The molecule has 0 fully saturated rings. The van der Waals surface area contributed by atoms with E-state index < -0.39 is 28.5 Å². The van der Waals surface area contributed by atoms with Crippen molar-refractivity contribution in [2.45, 2.75) is 37.8 Å². The maximum absolute atomic E-state index is 14.1. The fourth-order valence-electron chi connectivity index (χ4n) is 4.60. The molecule has 0 saturated heterocycles. The highest BCUT2D eigenvalue weighted by Gasteiger charge is 2.33. The van der Waals surface area contributed by atoms with Crippen molar-refractivity contribution in [3.63, 3.8) is 0 Å². The summed E-state index contributed by atoms with van der Waals surface area (Å²) in [6.45, 7) is 3.39. The number of hydrogen-bond donors (Lipinski definition) is 1. The van der Waals surface area contributed by atoms with Gasteiger partial charge in [-0.3, -0.25) is 13.9 Å². The lowest BCUT2D eigenvalue weighted by molar-refractivity contribution is -0.140. The molecular weight excluding hydrogens is 621 g/mol. The van der Waals surface area contributed by atoms with Crippen LogP contribution in [0.5, 0.6) is 11.5 Å². The molecule has 0 bridgehead atoms. The fourth-order valence-corrected chi connectivity index (χ4v) is 6.36. The van der Waals surface area contributed by atoms with Gasteiger partial charge in [-0.2, -0.15) is 0 Å². The summed E-state index contributed by atoms with van der Waals surface area (Å²) < 4.78 is 34.9. The number of amides is 2. The molecule has 0 radical (unpaired) electrons. The monoisotopic (exact) mass is 653 g/mol. The summed E-state index contributed by atoms with van der Waals surface area (Å²) in [5.41, 5.74) is 0.888. The van der Waals surface area contributed by atoms with Gasteiger partial charge in [0.2, 0.25) is 11.8 Å². The summed E-state index contributed by atoms with van der Waals surface area (Å²) in [5, 5.41) is 3.43. The third-order valence-corrected chi connectivity index (χ3v) is 9.31. The summed E-state index contributed by atoms with van der Waals surface area (Å²) in [4.78, 5) is 28.6. The van der Waals surface area contributed by atoms with Crippen LogP contribution >= 0.6 is 23.2 Å². The normalized spacial score (nSPS) is 11.8. The second-order valence-electron chi connectivity index (χ2n) is 9.82. The van der Waals surface area contributed by atoms with Crippen molar-refractivity contribution in [1.29, 1.82) is 0 Å². The lowest BCUT2D eigenvalue weighted by Gasteiger charge is -2.33. The van der Waals surface area contributed by atoms with E-state index in [4.69, 9.17) is 27.9 Å². The highest BCUT2D eigenvalue weighted by Crippen LogP contribution is 2.29. The predicted molar refractivity (Wildman–Crippen MR) is 174 cm³/mol. The minimum Gasteiger partial charge on any atom is -0.457 e. The van der Waals surface area contributed by atoms with E-state index >= 15 is 0 Å². The molecule has 0 aliphatic heterocycles. The van der Waals surface area contributed by atoms with Gasteiger partial charge in [0.1, 0.15) is 24.1 Å². The van der Waals surface area contributed by atoms with Crippen molar-refractivity contribution in [1.82, 2.24) is 10.2 Å². The number of rotatable bonds is 13. The van der Waals surface area contributed by atoms with Gasteiger partial charge in [-0.25, -0.2) is 8.42 Å². The Morgan fingerprint density at radius 1 is 0.818 bits per heavy atom. The molecule has 44 heavy (non-hydrogen) atoms. The van der Waals surface area contributed by atoms with Crippen molar-refractivity contribution < 1.29 is 22.7 Å². The van der Waals surface area contributed by atoms with Crippen LogP contribution in [0.15, 0.2) is 108 Å². The number of benzene rings is 4. The van der Waals surface area contributed by atoms with Gasteiger partial charge < -0.3 is 15.0 Å². The average Bonchev–Trinajstić information content (AvgIpc) is 3.03. The standard InChI is InChI=1S/C33H33Cl2N3O5S/c1-3-31(33(40)36-4-2)37(22-24-15-20-29(34)30(35)21-24)32(39)23-38(44(41,42)28-13-9-6-10-14-28)25-16-18-27(19-17-25)43-26-11-7-5-8-12-26/h5-21,31H,3-4,22-23H2,1-2H3,(H,36,40)/t31-/m0/s1. The van der Waals surface area contributed by atoms with Crippen LogP contribution in [0.4, 0.5) is 5.69 Å². The Bertz CT molecular complexity index is 1670. The van der Waals surface area contributed by atoms with E-state index in [1.807, 2.05) is 18.2 Å². The van der Waals surface area contributed by atoms with Crippen LogP contribution in [0, 0.1) is 0 Å². The summed E-state index contributed by atoms with van der Waals surface area (Å²) >= 11 is 12.3. The molecule has 0 aliphatic rings. The Morgan fingerprint density at radius 2 is 1.43 bits per heavy atom. The second-order valence-corrected chi connectivity index (χ2v) is 12.5. The van der Waals surface area contributed by atoms with Crippen LogP contribution in [0.2, 0.25) is 10.0 Å². The number of ether oxygens (including phenoxy) is 1. The number of sulfonamides is 1. The van der Waals surface area contributed by atoms with Crippen LogP contribution in [-0.4, -0.2) is 44.3 Å². The van der Waals surface area contributed by atoms with E-state index in [9.17, 15) is 18.0 Å². The highest BCUT2D eigenvalue weighted by molar-refractivity contribution is 7.92. The molecular formula is C33H33Cl2N3O5S. The van der Waals surface area contributed by atoms with Gasteiger partial charge in [0.05, 0.1) is 20.6 Å². The Kier molecular flexibility index (Phi) is 11.3. The van der Waals surface area contributed by atoms with E-state index in [-0.39, 0.29) is 23.0 Å². The number of anilines is 1. The van der Waals surface area contributed by atoms with E-state index in [0.717, 1.165) is 4.31 Å². The van der Waals surface area contributed by atoms with Gasteiger partial charge in [0.25, 0.3) is 10.0 Å². The molecule has 1 N–H and O–H groups in total. The first-order valence-corrected chi connectivity index (χ1v) is 16.3. The molecule has 4 aromatic carbocycles. The van der Waals surface area contributed by atoms with Crippen molar-refractivity contribution >= 4 is 50.7 Å². The molecule has 1 atom stereocenters. The molecule has 0 spiro atoms. The third kappa shape index (κ3) is 8.11. The van der Waals surface area contributed by atoms with Crippen LogP contribution in [0.3, 0.4) is 0 Å². The zero-order valence-electron chi connectivity index (χ0n) is 24.3. The molecule has 2 amide bonds. The smallest absolute Gasteiger partial charge is 0.264 e. The second kappa shape index (κ2) is 15.1. The lowest BCUT2D eigenvalue weighted by atomic mass is 10.1. The minimum atomic E-state index is -4.20. The number of nitrogens with one attached hydrogen (secondary N) is 1. The zero-order valence-corrected chi connectivity index (χ0v) is 26.6. The topological polar surface area (TPSA) is 96.0 Å². The van der Waals surface area contributed by atoms with E-state index in [1.165, 1.54) is 17.0 Å². The number of nitrogens with zero attached hydrogens (tertiary/aromatic N) is 2. The van der Waals surface area contributed by atoms with Crippen LogP contribution < -0.4 is 14.4 Å². The van der Waals surface area contributed by atoms with Crippen LogP contribution in [0.25, 0.3) is 0 Å². The number of carbonyl (C=O) groups is 2. The first-order chi connectivity index (χ1) is 21.1. The minimum absolute atomic E-state index is 0.00837. The van der Waals surface area contributed by atoms with E-state index in [1.54, 1.807) is 86.6 Å². The number of halogens is 2. The molecule has 4 aromatic rings. The quantitative estimate of drug-likeness (QED) is 0.169. The van der Waals surface area contributed by atoms with Crippen molar-refractivity contribution in [2.24, 2.45) is 0 Å². The molecule has 0 aliphatic carbocycles. The van der Waals surface area contributed by atoms with Gasteiger partial charge in [-0.15, -0.1) is 0 Å². The Hall–Kier alpha value is -4.05. The largest absolute Gasteiger partial charge is 0.457 e. The number of para-hydroxylation sites is 1. The molecule has 230 valence electrons. The van der Waals surface area contributed by atoms with Gasteiger partial charge in [0.15, 0.2) is 0 Å². The lowest BCUT2D eigenvalue weighted by Crippen LogP contribution is -2.52. The molecule has 0 saturated carbocycles. The van der Waals surface area contributed by atoms with E-state index in [2.05, 4.69) is 5.32 Å². The number of hydrogen-bond acceptors (Lipinski definition) is 5. The summed E-state index contributed by atoms with van der Waals surface area (Å²) in [5.74, 6) is 0.201. The Morgan fingerprint density at radius 3 is 2.02 bits per heavy atom. The summed E-state index contributed by atoms with van der Waals surface area (Å²) in [6.07, 6.45) is 0.301.